The van der Waals surface area contributed by atoms with E-state index in [4.69, 9.17) is 0 Å². The van der Waals surface area contributed by atoms with Crippen molar-refractivity contribution in [1.29, 1.82) is 0 Å². The molecule has 0 heterocycles. The van der Waals surface area contributed by atoms with Crippen molar-refractivity contribution < 1.29 is 21.9 Å². The van der Waals surface area contributed by atoms with Crippen LogP contribution in [0, 0.1) is 0 Å². The monoisotopic (exact) mass is 373 g/mol. The number of hydrogen-bond acceptors (Lipinski definition) is 0. The Hall–Kier alpha value is -0.0800. The Bertz CT molecular complexity index is 216. The van der Waals surface area contributed by atoms with Gasteiger partial charge in [0.05, 0.1) is 19.6 Å². The quantitative estimate of drug-likeness (QED) is 0.293. The molecule has 0 aromatic carbocycles. The fraction of sp³-hybridized carbons (Fsp3) is 0.800. The molecule has 0 radical (unpaired) electrons. The Morgan fingerprint density at radius 2 is 1.05 bits per heavy atom. The molecule has 2 heteroatoms. The van der Waals surface area contributed by atoms with Crippen molar-refractivity contribution in [2.75, 3.05) is 19.6 Å². The Morgan fingerprint density at radius 1 is 0.636 bits per heavy atom. The molecular weight excluding hydrogens is 334 g/mol. The minimum absolute atomic E-state index is 0. The molecule has 0 fully saturated rings. The molecule has 0 aliphatic rings. The normalized spacial score (nSPS) is 10.5. The van der Waals surface area contributed by atoms with E-state index in [9.17, 15) is 0 Å². The first kappa shape index (κ1) is 24.2. The summed E-state index contributed by atoms with van der Waals surface area (Å²) >= 11 is 0. The van der Waals surface area contributed by atoms with Gasteiger partial charge < -0.3 is 21.9 Å². The van der Waals surface area contributed by atoms with E-state index in [1.54, 1.807) is 4.90 Å². The van der Waals surface area contributed by atoms with Crippen LogP contribution in [-0.2, 0) is 0 Å². The lowest BCUT2D eigenvalue weighted by atomic mass is 10.1. The van der Waals surface area contributed by atoms with Crippen LogP contribution in [0.25, 0.3) is 0 Å². The molecule has 1 nitrogen and oxygen atoms in total. The molecular formula is C20H40BrN. The molecule has 0 aliphatic heterocycles. The summed E-state index contributed by atoms with van der Waals surface area (Å²) in [6.07, 6.45) is 20.7. The number of halogens is 1. The lowest BCUT2D eigenvalue weighted by molar-refractivity contribution is -0.899. The van der Waals surface area contributed by atoms with Gasteiger partial charge in [0.1, 0.15) is 0 Å². The lowest BCUT2D eigenvalue weighted by Gasteiger charge is -2.18. The van der Waals surface area contributed by atoms with Crippen LogP contribution in [0.3, 0.4) is 0 Å². The zero-order valence-corrected chi connectivity index (χ0v) is 16.6. The van der Waals surface area contributed by atoms with E-state index in [-0.39, 0.29) is 17.0 Å². The highest BCUT2D eigenvalue weighted by atomic mass is 79.9. The van der Waals surface area contributed by atoms with E-state index in [1.807, 2.05) is 12.2 Å². The van der Waals surface area contributed by atoms with Crippen molar-refractivity contribution in [1.82, 2.24) is 0 Å². The summed E-state index contributed by atoms with van der Waals surface area (Å²) in [7, 11) is 0. The second kappa shape index (κ2) is 20.9. The third-order valence-corrected chi connectivity index (χ3v) is 4.29. The smallest absolute Gasteiger partial charge is 0.0805 e. The molecule has 0 aliphatic carbocycles. The third kappa shape index (κ3) is 18.0. The standard InChI is InChI=1S/C20H39N.BrH/c1-4-7-10-11-12-13-14-15-16-17-20-21(18-8-5-2)19-9-6-3;/h5-6H,2-4,7-20H2,1H3;1H. The number of hydrogen-bond donors (Lipinski definition) is 1. The molecule has 132 valence electrons. The summed E-state index contributed by atoms with van der Waals surface area (Å²) in [5.41, 5.74) is 0. The van der Waals surface area contributed by atoms with Crippen molar-refractivity contribution >= 4 is 0 Å². The average Bonchev–Trinajstić information content (AvgIpc) is 2.51. The maximum absolute atomic E-state index is 3.84. The second-order valence-corrected chi connectivity index (χ2v) is 6.34. The van der Waals surface area contributed by atoms with Gasteiger partial charge in [-0.2, -0.15) is 0 Å². The van der Waals surface area contributed by atoms with Gasteiger partial charge in [-0.3, -0.25) is 0 Å². The van der Waals surface area contributed by atoms with Gasteiger partial charge in [0.25, 0.3) is 0 Å². The van der Waals surface area contributed by atoms with Gasteiger partial charge in [-0.05, 0) is 12.8 Å². The maximum atomic E-state index is 3.84. The van der Waals surface area contributed by atoms with E-state index < -0.39 is 0 Å². The molecule has 0 aromatic rings. The van der Waals surface area contributed by atoms with Crippen LogP contribution >= 0.6 is 0 Å². The summed E-state index contributed by atoms with van der Waals surface area (Å²) in [6, 6.07) is 0. The van der Waals surface area contributed by atoms with Crippen molar-refractivity contribution in [2.24, 2.45) is 0 Å². The number of rotatable bonds is 17. The number of quaternary nitrogens is 1. The third-order valence-electron chi connectivity index (χ3n) is 4.29. The van der Waals surface area contributed by atoms with Crippen LogP contribution < -0.4 is 21.9 Å². The first-order valence-electron chi connectivity index (χ1n) is 9.40. The first-order chi connectivity index (χ1) is 10.3. The number of nitrogens with one attached hydrogen (secondary N) is 1. The van der Waals surface area contributed by atoms with E-state index in [1.165, 1.54) is 83.8 Å². The maximum Gasteiger partial charge on any atom is 0.0805 e. The molecule has 0 aromatic heterocycles. The van der Waals surface area contributed by atoms with Gasteiger partial charge in [-0.1, -0.05) is 70.4 Å². The zero-order valence-electron chi connectivity index (χ0n) is 15.1. The SMILES string of the molecule is C=CCC[NH+](CCC=C)CCCCCCCCCCCC.[Br-]. The fourth-order valence-electron chi connectivity index (χ4n) is 2.85. The summed E-state index contributed by atoms with van der Waals surface area (Å²) in [4.78, 5) is 1.73. The largest absolute Gasteiger partial charge is 1.00 e. The van der Waals surface area contributed by atoms with E-state index >= 15 is 0 Å². The van der Waals surface area contributed by atoms with Gasteiger partial charge in [-0.15, -0.1) is 13.2 Å². The van der Waals surface area contributed by atoms with Crippen LogP contribution in [-0.4, -0.2) is 19.6 Å². The van der Waals surface area contributed by atoms with Crippen molar-refractivity contribution in [3.63, 3.8) is 0 Å². The highest BCUT2D eigenvalue weighted by Gasteiger charge is 2.05. The van der Waals surface area contributed by atoms with Gasteiger partial charge >= 0.3 is 0 Å². The van der Waals surface area contributed by atoms with Crippen molar-refractivity contribution in [2.45, 2.75) is 84.0 Å². The van der Waals surface area contributed by atoms with E-state index in [2.05, 4.69) is 20.1 Å². The van der Waals surface area contributed by atoms with Crippen molar-refractivity contribution in [3.05, 3.63) is 25.3 Å². The molecule has 22 heavy (non-hydrogen) atoms. The summed E-state index contributed by atoms with van der Waals surface area (Å²) in [5, 5.41) is 0. The van der Waals surface area contributed by atoms with Crippen LogP contribution in [0.5, 0.6) is 0 Å². The molecule has 0 rings (SSSR count). The molecule has 0 unspecified atom stereocenters. The second-order valence-electron chi connectivity index (χ2n) is 6.34. The summed E-state index contributed by atoms with van der Waals surface area (Å²) in [5.74, 6) is 0. The zero-order chi connectivity index (χ0) is 15.6. The molecule has 0 spiro atoms. The predicted octanol–water partition coefficient (Wildman–Crippen LogP) is 1.95. The number of unbranched alkanes of at least 4 members (excludes halogenated alkanes) is 9. The minimum Gasteiger partial charge on any atom is -1.00 e. The van der Waals surface area contributed by atoms with Crippen LogP contribution in [0.2, 0.25) is 0 Å². The Morgan fingerprint density at radius 3 is 1.45 bits per heavy atom. The lowest BCUT2D eigenvalue weighted by Crippen LogP contribution is -3.12. The molecule has 0 saturated heterocycles. The van der Waals surface area contributed by atoms with Gasteiger partial charge in [0, 0.05) is 12.8 Å². The summed E-state index contributed by atoms with van der Waals surface area (Å²) in [6.45, 7) is 13.8. The van der Waals surface area contributed by atoms with Crippen LogP contribution in [0.4, 0.5) is 0 Å². The first-order valence-corrected chi connectivity index (χ1v) is 9.40. The van der Waals surface area contributed by atoms with Crippen LogP contribution in [0.1, 0.15) is 84.0 Å². The minimum atomic E-state index is 0. The van der Waals surface area contributed by atoms with E-state index in [0.29, 0.717) is 0 Å². The molecule has 1 N–H and O–H groups in total. The van der Waals surface area contributed by atoms with Crippen molar-refractivity contribution in [3.8, 4) is 0 Å². The highest BCUT2D eigenvalue weighted by molar-refractivity contribution is 4.66. The fourth-order valence-corrected chi connectivity index (χ4v) is 2.85. The van der Waals surface area contributed by atoms with Gasteiger partial charge in [0.2, 0.25) is 0 Å². The molecule has 0 atom stereocenters. The Labute approximate surface area is 151 Å². The topological polar surface area (TPSA) is 4.44 Å². The van der Waals surface area contributed by atoms with E-state index in [0.717, 1.165) is 12.8 Å². The Balaban J connectivity index is 0. The van der Waals surface area contributed by atoms with Crippen LogP contribution in [0.15, 0.2) is 25.3 Å². The highest BCUT2D eigenvalue weighted by Crippen LogP contribution is 2.09. The summed E-state index contributed by atoms with van der Waals surface area (Å²) < 4.78 is 0. The average molecular weight is 374 g/mol. The predicted molar refractivity (Wildman–Crippen MR) is 97.0 cm³/mol. The molecule has 0 saturated carbocycles. The Kier molecular flexibility index (Phi) is 23.0. The molecule has 0 amide bonds. The van der Waals surface area contributed by atoms with Gasteiger partial charge in [0.15, 0.2) is 0 Å². The van der Waals surface area contributed by atoms with Gasteiger partial charge in [-0.25, -0.2) is 0 Å². The molecule has 0 bridgehead atoms.